The lowest BCUT2D eigenvalue weighted by atomic mass is 9.72. The summed E-state index contributed by atoms with van der Waals surface area (Å²) < 4.78 is 3.24. The van der Waals surface area contributed by atoms with E-state index in [-0.39, 0.29) is 5.92 Å². The molecule has 2 atom stereocenters. The number of hydrogen-bond donors (Lipinski definition) is 0. The van der Waals surface area contributed by atoms with Gasteiger partial charge in [-0.25, -0.2) is 4.68 Å². The van der Waals surface area contributed by atoms with E-state index in [1.807, 2.05) is 22.9 Å². The largest absolute Gasteiger partial charge is 0.306 e. The summed E-state index contributed by atoms with van der Waals surface area (Å²) in [4.78, 5) is 15.9. The van der Waals surface area contributed by atoms with E-state index in [1.54, 1.807) is 0 Å². The standard InChI is InChI=1S/C24H24IN3O/c1-27-12-11-17-14-22-23(24(29)20(17)15-27)21(13-16-5-3-2-4-6-16)26-28(22)19-9-7-18(25)8-10-19/h2-10,17,20H,11-15H2,1H3. The van der Waals surface area contributed by atoms with Gasteiger partial charge in [0.25, 0.3) is 0 Å². The van der Waals surface area contributed by atoms with Crippen molar-refractivity contribution in [2.24, 2.45) is 11.8 Å². The molecule has 2 heterocycles. The minimum absolute atomic E-state index is 0.102. The highest BCUT2D eigenvalue weighted by molar-refractivity contribution is 14.1. The Hall–Kier alpha value is -1.99. The number of carbonyl (C=O) groups is 1. The second-order valence-corrected chi connectivity index (χ2v) is 9.55. The predicted molar refractivity (Wildman–Crippen MR) is 123 cm³/mol. The Morgan fingerprint density at radius 2 is 1.86 bits per heavy atom. The molecule has 1 aromatic heterocycles. The molecule has 2 unspecified atom stereocenters. The molecule has 3 aromatic rings. The number of halogens is 1. The SMILES string of the molecule is CN1CCC2Cc3c(c(Cc4ccccc4)nn3-c3ccc(I)cc3)C(=O)C2C1. The third kappa shape index (κ3) is 3.55. The summed E-state index contributed by atoms with van der Waals surface area (Å²) in [5.74, 6) is 0.825. The van der Waals surface area contributed by atoms with Crippen LogP contribution in [0.2, 0.25) is 0 Å². The van der Waals surface area contributed by atoms with Crippen LogP contribution in [-0.2, 0) is 12.8 Å². The van der Waals surface area contributed by atoms with Gasteiger partial charge in [-0.2, -0.15) is 5.10 Å². The van der Waals surface area contributed by atoms with E-state index in [2.05, 4.69) is 70.9 Å². The van der Waals surface area contributed by atoms with Gasteiger partial charge in [-0.3, -0.25) is 4.79 Å². The van der Waals surface area contributed by atoms with Crippen molar-refractivity contribution in [1.29, 1.82) is 0 Å². The van der Waals surface area contributed by atoms with Gasteiger partial charge in [0.1, 0.15) is 0 Å². The van der Waals surface area contributed by atoms with E-state index in [0.717, 1.165) is 48.6 Å². The molecule has 1 aliphatic heterocycles. The van der Waals surface area contributed by atoms with Gasteiger partial charge in [0.15, 0.2) is 5.78 Å². The van der Waals surface area contributed by atoms with Gasteiger partial charge in [0.05, 0.1) is 22.6 Å². The van der Waals surface area contributed by atoms with Crippen molar-refractivity contribution >= 4 is 28.4 Å². The third-order valence-electron chi connectivity index (χ3n) is 6.34. The number of Topliss-reactive ketones (excluding diaryl/α,β-unsaturated/α-hetero) is 1. The van der Waals surface area contributed by atoms with Crippen LogP contribution in [0.3, 0.4) is 0 Å². The van der Waals surface area contributed by atoms with Gasteiger partial charge in [0.2, 0.25) is 0 Å². The van der Waals surface area contributed by atoms with Crippen LogP contribution < -0.4 is 0 Å². The van der Waals surface area contributed by atoms with Gasteiger partial charge < -0.3 is 4.90 Å². The van der Waals surface area contributed by atoms with E-state index < -0.39 is 0 Å². The molecule has 148 valence electrons. The van der Waals surface area contributed by atoms with Crippen molar-refractivity contribution < 1.29 is 4.79 Å². The zero-order valence-electron chi connectivity index (χ0n) is 16.5. The molecule has 0 spiro atoms. The lowest BCUT2D eigenvalue weighted by Crippen LogP contribution is -2.45. The quantitative estimate of drug-likeness (QED) is 0.505. The average Bonchev–Trinajstić information content (AvgIpc) is 3.08. The minimum Gasteiger partial charge on any atom is -0.306 e. The molecule has 2 aliphatic rings. The van der Waals surface area contributed by atoms with Gasteiger partial charge in [-0.05, 0) is 84.8 Å². The summed E-state index contributed by atoms with van der Waals surface area (Å²) in [7, 11) is 2.12. The Morgan fingerprint density at radius 3 is 2.62 bits per heavy atom. The van der Waals surface area contributed by atoms with Crippen LogP contribution >= 0.6 is 22.6 Å². The lowest BCUT2D eigenvalue weighted by Gasteiger charge is -2.38. The van der Waals surface area contributed by atoms with Crippen LogP contribution in [-0.4, -0.2) is 40.6 Å². The Bertz CT molecular complexity index is 1040. The van der Waals surface area contributed by atoms with E-state index in [4.69, 9.17) is 5.10 Å². The van der Waals surface area contributed by atoms with Crippen molar-refractivity contribution in [2.75, 3.05) is 20.1 Å². The van der Waals surface area contributed by atoms with Crippen molar-refractivity contribution in [1.82, 2.24) is 14.7 Å². The molecule has 5 heteroatoms. The van der Waals surface area contributed by atoms with E-state index >= 15 is 0 Å². The number of piperidine rings is 1. The van der Waals surface area contributed by atoms with Crippen LogP contribution in [0.5, 0.6) is 0 Å². The summed E-state index contributed by atoms with van der Waals surface area (Å²) in [5.41, 5.74) is 5.14. The summed E-state index contributed by atoms with van der Waals surface area (Å²) in [6.07, 6.45) is 2.71. The second-order valence-electron chi connectivity index (χ2n) is 8.30. The molecule has 0 bridgehead atoms. The predicted octanol–water partition coefficient (Wildman–Crippen LogP) is 4.37. The van der Waals surface area contributed by atoms with Crippen LogP contribution in [0.15, 0.2) is 54.6 Å². The molecule has 2 aromatic carbocycles. The van der Waals surface area contributed by atoms with Gasteiger partial charge in [-0.15, -0.1) is 0 Å². The molecular weight excluding hydrogens is 473 g/mol. The first kappa shape index (κ1) is 19.0. The number of ketones is 1. The van der Waals surface area contributed by atoms with Gasteiger partial charge >= 0.3 is 0 Å². The molecule has 4 nitrogen and oxygen atoms in total. The Labute approximate surface area is 185 Å². The first-order valence-electron chi connectivity index (χ1n) is 10.2. The fourth-order valence-corrected chi connectivity index (χ4v) is 5.18. The number of hydrogen-bond acceptors (Lipinski definition) is 3. The van der Waals surface area contributed by atoms with E-state index in [9.17, 15) is 4.79 Å². The zero-order valence-corrected chi connectivity index (χ0v) is 18.7. The van der Waals surface area contributed by atoms with Gasteiger partial charge in [0, 0.05) is 22.5 Å². The second kappa shape index (κ2) is 7.69. The molecule has 0 saturated carbocycles. The highest BCUT2D eigenvalue weighted by Gasteiger charge is 2.42. The zero-order chi connectivity index (χ0) is 20.0. The van der Waals surface area contributed by atoms with E-state index in [0.29, 0.717) is 18.1 Å². The molecule has 1 aliphatic carbocycles. The van der Waals surface area contributed by atoms with Crippen molar-refractivity contribution in [3.05, 3.63) is 80.7 Å². The van der Waals surface area contributed by atoms with Gasteiger partial charge in [-0.1, -0.05) is 30.3 Å². The summed E-state index contributed by atoms with van der Waals surface area (Å²) in [5, 5.41) is 4.99. The fourth-order valence-electron chi connectivity index (χ4n) is 4.82. The summed E-state index contributed by atoms with van der Waals surface area (Å²) in [6, 6.07) is 18.8. The van der Waals surface area contributed by atoms with E-state index in [1.165, 1.54) is 9.13 Å². The maximum atomic E-state index is 13.6. The minimum atomic E-state index is 0.102. The number of likely N-dealkylation sites (tertiary alicyclic amines) is 1. The topological polar surface area (TPSA) is 38.1 Å². The number of aromatic nitrogens is 2. The maximum Gasteiger partial charge on any atom is 0.171 e. The number of nitrogens with zero attached hydrogens (tertiary/aromatic N) is 3. The Kier molecular flexibility index (Phi) is 5.04. The normalized spacial score (nSPS) is 21.7. The molecule has 0 radical (unpaired) electrons. The number of carbonyl (C=O) groups excluding carboxylic acids is 1. The molecule has 5 rings (SSSR count). The van der Waals surface area contributed by atoms with Crippen LogP contribution in [0.1, 0.15) is 33.7 Å². The lowest BCUT2D eigenvalue weighted by molar-refractivity contribution is 0.0703. The third-order valence-corrected chi connectivity index (χ3v) is 7.06. The Balaban J connectivity index is 1.62. The molecule has 0 N–H and O–H groups in total. The van der Waals surface area contributed by atoms with Crippen LogP contribution in [0.25, 0.3) is 5.69 Å². The molecule has 1 saturated heterocycles. The van der Waals surface area contributed by atoms with Crippen LogP contribution in [0, 0.1) is 15.4 Å². The molecule has 29 heavy (non-hydrogen) atoms. The van der Waals surface area contributed by atoms with Crippen molar-refractivity contribution in [3.63, 3.8) is 0 Å². The molecule has 0 amide bonds. The van der Waals surface area contributed by atoms with Crippen LogP contribution in [0.4, 0.5) is 0 Å². The maximum absolute atomic E-state index is 13.6. The van der Waals surface area contributed by atoms with Crippen molar-refractivity contribution in [2.45, 2.75) is 19.3 Å². The first-order chi connectivity index (χ1) is 14.1. The monoisotopic (exact) mass is 497 g/mol. The number of benzene rings is 2. The highest BCUT2D eigenvalue weighted by atomic mass is 127. The summed E-state index contributed by atoms with van der Waals surface area (Å²) in [6.45, 7) is 1.93. The number of rotatable bonds is 3. The van der Waals surface area contributed by atoms with Crippen molar-refractivity contribution in [3.8, 4) is 5.69 Å². The molecular formula is C24H24IN3O. The fraction of sp³-hybridized carbons (Fsp3) is 0.333. The smallest absolute Gasteiger partial charge is 0.171 e. The molecule has 1 fully saturated rings. The Morgan fingerprint density at radius 1 is 1.10 bits per heavy atom. The highest BCUT2D eigenvalue weighted by Crippen LogP contribution is 2.38. The average molecular weight is 497 g/mol. The first-order valence-corrected chi connectivity index (χ1v) is 11.3. The number of fused-ring (bicyclic) bond motifs is 2. The summed E-state index contributed by atoms with van der Waals surface area (Å²) >= 11 is 2.32.